The van der Waals surface area contributed by atoms with Gasteiger partial charge in [-0.2, -0.15) is 5.10 Å². The minimum Gasteiger partial charge on any atom is -0.270 e. The van der Waals surface area contributed by atoms with Crippen molar-refractivity contribution < 1.29 is 0 Å². The first-order chi connectivity index (χ1) is 4.52. The zero-order valence-corrected chi connectivity index (χ0v) is 6.92. The van der Waals surface area contributed by atoms with Gasteiger partial charge in [0.1, 0.15) is 6.34 Å². The molecule has 0 unspecified atom stereocenters. The molecule has 10 heavy (non-hydrogen) atoms. The van der Waals surface area contributed by atoms with Crippen molar-refractivity contribution in [1.29, 1.82) is 0 Å². The van der Waals surface area contributed by atoms with Crippen LogP contribution in [0.5, 0.6) is 0 Å². The van der Waals surface area contributed by atoms with Gasteiger partial charge in [0.2, 0.25) is 0 Å². The van der Waals surface area contributed by atoms with E-state index < -0.39 is 0 Å². The van der Waals surface area contributed by atoms with Crippen LogP contribution in [-0.2, 0) is 0 Å². The first-order valence-electron chi connectivity index (χ1n) is 3.33. The second-order valence-electron chi connectivity index (χ2n) is 3.38. The highest BCUT2D eigenvalue weighted by molar-refractivity contribution is 5.56. The Balaban J connectivity index is 2.64. The Labute approximate surface area is 61.4 Å². The first-order valence-corrected chi connectivity index (χ1v) is 3.33. The lowest BCUT2D eigenvalue weighted by molar-refractivity contribution is -0.0161. The van der Waals surface area contributed by atoms with Crippen molar-refractivity contribution in [2.45, 2.75) is 26.3 Å². The topological polar surface area (TPSA) is 30.9 Å². The van der Waals surface area contributed by atoms with Gasteiger partial charge in [-0.05, 0) is 20.8 Å². The van der Waals surface area contributed by atoms with Gasteiger partial charge in [-0.25, -0.2) is 5.53 Å². The third-order valence-corrected chi connectivity index (χ3v) is 1.38. The summed E-state index contributed by atoms with van der Waals surface area (Å²) in [7, 11) is 1.93. The molecule has 1 aliphatic rings. The van der Waals surface area contributed by atoms with Crippen molar-refractivity contribution in [3.8, 4) is 0 Å². The standard InChI is InChI=1S/C6H14N4/c1-6(2,3)10-5-7-8-9(10)4/h5,8H,1-4H3. The molecule has 0 atom stereocenters. The van der Waals surface area contributed by atoms with Crippen molar-refractivity contribution in [2.24, 2.45) is 5.10 Å². The lowest BCUT2D eigenvalue weighted by atomic mass is 10.1. The number of hydrazine groups is 2. The van der Waals surface area contributed by atoms with Gasteiger partial charge in [0, 0.05) is 7.05 Å². The maximum absolute atomic E-state index is 3.89. The Kier molecular flexibility index (Phi) is 1.56. The molecule has 58 valence electrons. The summed E-state index contributed by atoms with van der Waals surface area (Å²) in [5, 5.41) is 7.76. The Hall–Kier alpha value is -0.770. The van der Waals surface area contributed by atoms with Gasteiger partial charge < -0.3 is 0 Å². The van der Waals surface area contributed by atoms with E-state index in [0.29, 0.717) is 0 Å². The van der Waals surface area contributed by atoms with E-state index >= 15 is 0 Å². The van der Waals surface area contributed by atoms with Crippen LogP contribution in [0.4, 0.5) is 0 Å². The molecule has 1 rings (SSSR count). The number of hydrogen-bond donors (Lipinski definition) is 1. The Bertz CT molecular complexity index is 146. The molecule has 0 radical (unpaired) electrons. The summed E-state index contributed by atoms with van der Waals surface area (Å²) in [5.41, 5.74) is 2.90. The summed E-state index contributed by atoms with van der Waals surface area (Å²) in [6.07, 6.45) is 1.78. The average Bonchev–Trinajstić information content (AvgIpc) is 2.11. The molecule has 0 spiro atoms. The molecule has 1 aliphatic heterocycles. The van der Waals surface area contributed by atoms with Crippen LogP contribution in [-0.4, -0.2) is 29.1 Å². The largest absolute Gasteiger partial charge is 0.270 e. The van der Waals surface area contributed by atoms with Crippen molar-refractivity contribution >= 4 is 6.34 Å². The minimum atomic E-state index is 0.0990. The van der Waals surface area contributed by atoms with Gasteiger partial charge in [-0.15, -0.1) is 5.12 Å². The van der Waals surface area contributed by atoms with Gasteiger partial charge >= 0.3 is 0 Å². The Morgan fingerprint density at radius 1 is 1.40 bits per heavy atom. The highest BCUT2D eigenvalue weighted by atomic mass is 15.9. The molecule has 0 amide bonds. The second-order valence-corrected chi connectivity index (χ2v) is 3.38. The third kappa shape index (κ3) is 1.21. The molecule has 0 aromatic rings. The molecule has 1 N–H and O–H groups in total. The van der Waals surface area contributed by atoms with Gasteiger partial charge in [0.25, 0.3) is 0 Å². The van der Waals surface area contributed by atoms with E-state index in [2.05, 4.69) is 31.4 Å². The van der Waals surface area contributed by atoms with Crippen LogP contribution in [0, 0.1) is 0 Å². The minimum absolute atomic E-state index is 0.0990. The van der Waals surface area contributed by atoms with E-state index in [-0.39, 0.29) is 5.54 Å². The number of hydrazone groups is 1. The molecule has 4 nitrogen and oxygen atoms in total. The normalized spacial score (nSPS) is 19.8. The molecular weight excluding hydrogens is 128 g/mol. The zero-order valence-electron chi connectivity index (χ0n) is 6.92. The third-order valence-electron chi connectivity index (χ3n) is 1.38. The number of hydrogen-bond acceptors (Lipinski definition) is 4. The van der Waals surface area contributed by atoms with E-state index in [1.54, 1.807) is 6.34 Å². The quantitative estimate of drug-likeness (QED) is 0.531. The van der Waals surface area contributed by atoms with E-state index in [4.69, 9.17) is 0 Å². The van der Waals surface area contributed by atoms with E-state index in [9.17, 15) is 0 Å². The summed E-state index contributed by atoms with van der Waals surface area (Å²) < 4.78 is 0. The van der Waals surface area contributed by atoms with Crippen molar-refractivity contribution in [3.05, 3.63) is 0 Å². The molecule has 0 fully saturated rings. The number of nitrogens with zero attached hydrogens (tertiary/aromatic N) is 3. The lowest BCUT2D eigenvalue weighted by Gasteiger charge is -2.34. The molecular formula is C6H14N4. The molecule has 0 aromatic heterocycles. The van der Waals surface area contributed by atoms with Crippen molar-refractivity contribution in [1.82, 2.24) is 15.7 Å². The molecule has 0 saturated heterocycles. The smallest absolute Gasteiger partial charge is 0.129 e. The molecule has 0 aliphatic carbocycles. The predicted octanol–water partition coefficient (Wildman–Crippen LogP) is 0.395. The molecule has 0 saturated carbocycles. The maximum atomic E-state index is 3.89. The van der Waals surface area contributed by atoms with Crippen molar-refractivity contribution in [3.63, 3.8) is 0 Å². The fourth-order valence-electron chi connectivity index (χ4n) is 0.913. The van der Waals surface area contributed by atoms with E-state index in [1.165, 1.54) is 0 Å². The maximum Gasteiger partial charge on any atom is 0.129 e. The monoisotopic (exact) mass is 142 g/mol. The van der Waals surface area contributed by atoms with Crippen LogP contribution < -0.4 is 5.53 Å². The molecule has 4 heteroatoms. The summed E-state index contributed by atoms with van der Waals surface area (Å²) in [6, 6.07) is 0. The highest BCUT2D eigenvalue weighted by Crippen LogP contribution is 2.13. The van der Waals surface area contributed by atoms with Crippen molar-refractivity contribution in [2.75, 3.05) is 7.05 Å². The Morgan fingerprint density at radius 2 is 2.00 bits per heavy atom. The first kappa shape index (κ1) is 7.34. The fourth-order valence-corrected chi connectivity index (χ4v) is 0.913. The van der Waals surface area contributed by atoms with Crippen LogP contribution >= 0.6 is 0 Å². The van der Waals surface area contributed by atoms with E-state index in [1.807, 2.05) is 17.2 Å². The Morgan fingerprint density at radius 3 is 2.20 bits per heavy atom. The summed E-state index contributed by atoms with van der Waals surface area (Å²) in [4.78, 5) is 0. The zero-order chi connectivity index (χ0) is 7.78. The van der Waals surface area contributed by atoms with Crippen LogP contribution in [0.3, 0.4) is 0 Å². The average molecular weight is 142 g/mol. The highest BCUT2D eigenvalue weighted by Gasteiger charge is 2.24. The molecule has 0 bridgehead atoms. The van der Waals surface area contributed by atoms with Gasteiger partial charge in [-0.1, -0.05) is 0 Å². The van der Waals surface area contributed by atoms with Gasteiger partial charge in [0.15, 0.2) is 0 Å². The van der Waals surface area contributed by atoms with Crippen LogP contribution in [0.25, 0.3) is 0 Å². The molecule has 1 heterocycles. The van der Waals surface area contributed by atoms with E-state index in [0.717, 1.165) is 0 Å². The summed E-state index contributed by atoms with van der Waals surface area (Å²) in [5.74, 6) is 0. The SMILES string of the molecule is CN1NN=CN1C(C)(C)C. The lowest BCUT2D eigenvalue weighted by Crippen LogP contribution is -2.49. The van der Waals surface area contributed by atoms with Gasteiger partial charge in [0.05, 0.1) is 5.54 Å². The summed E-state index contributed by atoms with van der Waals surface area (Å²) in [6.45, 7) is 6.38. The van der Waals surface area contributed by atoms with Crippen LogP contribution in [0.15, 0.2) is 5.10 Å². The van der Waals surface area contributed by atoms with Crippen LogP contribution in [0.2, 0.25) is 0 Å². The summed E-state index contributed by atoms with van der Waals surface area (Å²) >= 11 is 0. The predicted molar refractivity (Wildman–Crippen MR) is 41.0 cm³/mol. The molecule has 0 aromatic carbocycles. The fraction of sp³-hybridized carbons (Fsp3) is 0.833. The van der Waals surface area contributed by atoms with Gasteiger partial charge in [-0.3, -0.25) is 5.01 Å². The van der Waals surface area contributed by atoms with Crippen LogP contribution in [0.1, 0.15) is 20.8 Å². The second kappa shape index (κ2) is 2.12. The number of rotatable bonds is 0. The number of nitrogens with one attached hydrogen (secondary N) is 1.